The van der Waals surface area contributed by atoms with Gasteiger partial charge in [0.25, 0.3) is 5.56 Å². The van der Waals surface area contributed by atoms with Crippen LogP contribution >= 0.6 is 11.3 Å². The first-order chi connectivity index (χ1) is 13.2. The predicted octanol–water partition coefficient (Wildman–Crippen LogP) is 3.87. The molecular weight excluding hydrogens is 360 g/mol. The molecule has 1 aliphatic rings. The number of hydrogen-bond acceptors (Lipinski definition) is 5. The van der Waals surface area contributed by atoms with E-state index in [1.807, 2.05) is 37.3 Å². The van der Waals surface area contributed by atoms with Crippen LogP contribution in [-0.2, 0) is 29.0 Å². The number of hydrogen-bond donors (Lipinski definition) is 0. The minimum Gasteiger partial charge on any atom is -0.459 e. The number of rotatable bonds is 5. The first-order valence-electron chi connectivity index (χ1n) is 9.42. The Hall–Kier alpha value is -2.47. The van der Waals surface area contributed by atoms with E-state index < -0.39 is 0 Å². The van der Waals surface area contributed by atoms with Crippen LogP contribution < -0.4 is 5.56 Å². The standard InChI is InChI=1S/C21H22N2O3S/c1-2-16(14-8-4-3-5-9-14)20(25)26-13-15-12-19(24)23-17-10-6-7-11-18(17)27-21(23)22-15/h3-5,8-9,12,16H,2,6-7,10-11,13H2,1H3/t16-/m0/s1. The highest BCUT2D eigenvalue weighted by Gasteiger charge is 2.21. The molecule has 0 N–H and O–H groups in total. The van der Waals surface area contributed by atoms with E-state index in [4.69, 9.17) is 4.74 Å². The number of benzene rings is 1. The second-order valence-electron chi connectivity index (χ2n) is 6.86. The molecule has 0 saturated heterocycles. The number of carbonyl (C=O) groups excluding carboxylic acids is 1. The SMILES string of the molecule is CC[C@H](C(=O)OCc1cc(=O)n2c3c(sc2n1)CCCC3)c1ccccc1. The van der Waals surface area contributed by atoms with Gasteiger partial charge in [-0.25, -0.2) is 4.98 Å². The number of nitrogens with zero attached hydrogens (tertiary/aromatic N) is 2. The number of aryl methyl sites for hydroxylation is 2. The summed E-state index contributed by atoms with van der Waals surface area (Å²) in [7, 11) is 0. The zero-order valence-corrected chi connectivity index (χ0v) is 16.1. The molecule has 3 aromatic rings. The maximum atomic E-state index is 12.6. The van der Waals surface area contributed by atoms with Gasteiger partial charge in [-0.3, -0.25) is 14.0 Å². The van der Waals surface area contributed by atoms with Crippen molar-refractivity contribution in [2.75, 3.05) is 0 Å². The van der Waals surface area contributed by atoms with Crippen molar-refractivity contribution in [1.82, 2.24) is 9.38 Å². The van der Waals surface area contributed by atoms with Gasteiger partial charge in [0.15, 0.2) is 4.96 Å². The highest BCUT2D eigenvalue weighted by atomic mass is 32.1. The molecule has 2 aromatic heterocycles. The van der Waals surface area contributed by atoms with Gasteiger partial charge in [0, 0.05) is 16.6 Å². The summed E-state index contributed by atoms with van der Waals surface area (Å²) in [5, 5.41) is 0. The summed E-state index contributed by atoms with van der Waals surface area (Å²) in [5.41, 5.74) is 2.48. The first kappa shape index (κ1) is 17.9. The third-order valence-electron chi connectivity index (χ3n) is 5.07. The fraction of sp³-hybridized carbons (Fsp3) is 0.381. The van der Waals surface area contributed by atoms with Crippen molar-refractivity contribution < 1.29 is 9.53 Å². The molecule has 0 fully saturated rings. The molecule has 2 heterocycles. The Morgan fingerprint density at radius 3 is 2.81 bits per heavy atom. The summed E-state index contributed by atoms with van der Waals surface area (Å²) >= 11 is 1.58. The minimum absolute atomic E-state index is 0.0243. The van der Waals surface area contributed by atoms with Gasteiger partial charge < -0.3 is 4.74 Å². The maximum absolute atomic E-state index is 12.6. The Kier molecular flexibility index (Phi) is 5.07. The zero-order chi connectivity index (χ0) is 18.8. The second-order valence-corrected chi connectivity index (χ2v) is 7.92. The Bertz CT molecular complexity index is 1020. The molecule has 0 radical (unpaired) electrons. The fourth-order valence-corrected chi connectivity index (χ4v) is 4.92. The highest BCUT2D eigenvalue weighted by Crippen LogP contribution is 2.28. The lowest BCUT2D eigenvalue weighted by atomic mass is 9.97. The molecule has 5 nitrogen and oxygen atoms in total. The highest BCUT2D eigenvalue weighted by molar-refractivity contribution is 7.17. The molecule has 140 valence electrons. The number of carbonyl (C=O) groups is 1. The predicted molar refractivity (Wildman–Crippen MR) is 105 cm³/mol. The summed E-state index contributed by atoms with van der Waals surface area (Å²) in [6, 6.07) is 11.1. The Balaban J connectivity index is 1.53. The smallest absolute Gasteiger partial charge is 0.313 e. The first-order valence-corrected chi connectivity index (χ1v) is 10.2. The Labute approximate surface area is 161 Å². The van der Waals surface area contributed by atoms with E-state index in [2.05, 4.69) is 4.98 Å². The van der Waals surface area contributed by atoms with E-state index in [-0.39, 0.29) is 24.1 Å². The maximum Gasteiger partial charge on any atom is 0.313 e. The number of aromatic nitrogens is 2. The van der Waals surface area contributed by atoms with Crippen LogP contribution in [0.15, 0.2) is 41.2 Å². The van der Waals surface area contributed by atoms with Gasteiger partial charge >= 0.3 is 5.97 Å². The van der Waals surface area contributed by atoms with E-state index in [9.17, 15) is 9.59 Å². The minimum atomic E-state index is -0.301. The van der Waals surface area contributed by atoms with Crippen LogP contribution in [0.3, 0.4) is 0 Å². The van der Waals surface area contributed by atoms with Crippen LogP contribution in [0.4, 0.5) is 0 Å². The lowest BCUT2D eigenvalue weighted by Gasteiger charge is -2.14. The lowest BCUT2D eigenvalue weighted by molar-refractivity contribution is -0.147. The summed E-state index contributed by atoms with van der Waals surface area (Å²) in [6.07, 6.45) is 4.89. The van der Waals surface area contributed by atoms with E-state index in [0.29, 0.717) is 17.1 Å². The van der Waals surface area contributed by atoms with Gasteiger partial charge in [0.2, 0.25) is 0 Å². The molecule has 0 unspecified atom stereocenters. The molecule has 0 amide bonds. The summed E-state index contributed by atoms with van der Waals surface area (Å²) in [4.78, 5) is 31.6. The van der Waals surface area contributed by atoms with Gasteiger partial charge in [0.1, 0.15) is 6.61 Å². The molecule has 1 aromatic carbocycles. The molecule has 6 heteroatoms. The quantitative estimate of drug-likeness (QED) is 0.629. The largest absolute Gasteiger partial charge is 0.459 e. The number of esters is 1. The van der Waals surface area contributed by atoms with E-state index in [0.717, 1.165) is 36.9 Å². The number of thiazole rings is 1. The van der Waals surface area contributed by atoms with Crippen molar-refractivity contribution in [3.63, 3.8) is 0 Å². The molecule has 1 aliphatic carbocycles. The molecule has 0 aliphatic heterocycles. The topological polar surface area (TPSA) is 60.7 Å². The Morgan fingerprint density at radius 1 is 1.26 bits per heavy atom. The molecule has 27 heavy (non-hydrogen) atoms. The molecular formula is C21H22N2O3S. The van der Waals surface area contributed by atoms with Gasteiger partial charge in [-0.15, -0.1) is 11.3 Å². The van der Waals surface area contributed by atoms with Gasteiger partial charge in [0.05, 0.1) is 11.6 Å². The monoisotopic (exact) mass is 382 g/mol. The zero-order valence-electron chi connectivity index (χ0n) is 15.3. The van der Waals surface area contributed by atoms with Crippen LogP contribution in [0.2, 0.25) is 0 Å². The van der Waals surface area contributed by atoms with E-state index in [1.165, 1.54) is 10.9 Å². The molecule has 1 atom stereocenters. The summed E-state index contributed by atoms with van der Waals surface area (Å²) in [6.45, 7) is 1.99. The van der Waals surface area contributed by atoms with Crippen molar-refractivity contribution in [2.24, 2.45) is 0 Å². The Morgan fingerprint density at radius 2 is 2.04 bits per heavy atom. The van der Waals surface area contributed by atoms with Crippen molar-refractivity contribution in [3.05, 3.63) is 68.6 Å². The van der Waals surface area contributed by atoms with Crippen molar-refractivity contribution >= 4 is 22.3 Å². The van der Waals surface area contributed by atoms with E-state index in [1.54, 1.807) is 15.7 Å². The number of ether oxygens (including phenoxy) is 1. The van der Waals surface area contributed by atoms with Crippen LogP contribution in [-0.4, -0.2) is 15.4 Å². The molecule has 4 rings (SSSR count). The molecule has 0 bridgehead atoms. The average Bonchev–Trinajstić information content (AvgIpc) is 3.06. The third kappa shape index (κ3) is 3.54. The van der Waals surface area contributed by atoms with Crippen LogP contribution in [0.1, 0.15) is 53.9 Å². The van der Waals surface area contributed by atoms with Crippen LogP contribution in [0, 0.1) is 0 Å². The molecule has 0 saturated carbocycles. The average molecular weight is 382 g/mol. The summed E-state index contributed by atoms with van der Waals surface area (Å²) in [5.74, 6) is -0.582. The van der Waals surface area contributed by atoms with Crippen molar-refractivity contribution in [3.8, 4) is 0 Å². The third-order valence-corrected chi connectivity index (χ3v) is 6.21. The normalized spacial score (nSPS) is 14.7. The van der Waals surface area contributed by atoms with E-state index >= 15 is 0 Å². The number of fused-ring (bicyclic) bond motifs is 3. The van der Waals surface area contributed by atoms with Crippen molar-refractivity contribution in [1.29, 1.82) is 0 Å². The lowest BCUT2D eigenvalue weighted by Crippen LogP contribution is -2.20. The summed E-state index contributed by atoms with van der Waals surface area (Å²) < 4.78 is 7.22. The van der Waals surface area contributed by atoms with Crippen LogP contribution in [0.5, 0.6) is 0 Å². The van der Waals surface area contributed by atoms with Gasteiger partial charge in [-0.2, -0.15) is 0 Å². The van der Waals surface area contributed by atoms with Gasteiger partial charge in [-0.1, -0.05) is 37.3 Å². The molecule has 0 spiro atoms. The van der Waals surface area contributed by atoms with Crippen LogP contribution in [0.25, 0.3) is 4.96 Å². The fourth-order valence-electron chi connectivity index (χ4n) is 3.69. The van der Waals surface area contributed by atoms with Crippen molar-refractivity contribution in [2.45, 2.75) is 51.6 Å². The second kappa shape index (κ2) is 7.64. The van der Waals surface area contributed by atoms with Gasteiger partial charge in [-0.05, 0) is 37.7 Å².